The molecule has 1 amide bonds. The molecule has 0 aliphatic heterocycles. The van der Waals surface area contributed by atoms with Gasteiger partial charge in [0.1, 0.15) is 0 Å². The van der Waals surface area contributed by atoms with E-state index in [4.69, 9.17) is 0 Å². The smallest absolute Gasteiger partial charge is 0.222 e. The highest BCUT2D eigenvalue weighted by Crippen LogP contribution is 2.05. The molecule has 0 atom stereocenters. The van der Waals surface area contributed by atoms with Gasteiger partial charge in [-0.15, -0.1) is 0 Å². The zero-order valence-electron chi connectivity index (χ0n) is 11.3. The van der Waals surface area contributed by atoms with Crippen LogP contribution in [0.15, 0.2) is 23.3 Å². The zero-order chi connectivity index (χ0) is 12.6. The van der Waals surface area contributed by atoms with Crippen molar-refractivity contribution in [3.05, 3.63) is 23.3 Å². The van der Waals surface area contributed by atoms with E-state index in [1.807, 2.05) is 13.8 Å². The monoisotopic (exact) mass is 223 g/mol. The summed E-state index contributed by atoms with van der Waals surface area (Å²) < 4.78 is 0. The van der Waals surface area contributed by atoms with Gasteiger partial charge in [0.25, 0.3) is 0 Å². The minimum Gasteiger partial charge on any atom is -0.352 e. The summed E-state index contributed by atoms with van der Waals surface area (Å²) in [4.78, 5) is 11.3. The van der Waals surface area contributed by atoms with Gasteiger partial charge in [-0.25, -0.2) is 0 Å². The summed E-state index contributed by atoms with van der Waals surface area (Å²) in [6, 6.07) is 0. The second-order valence-corrected chi connectivity index (χ2v) is 4.77. The first kappa shape index (κ1) is 14.9. The minimum atomic E-state index is 0.0689. The van der Waals surface area contributed by atoms with Crippen LogP contribution in [0.25, 0.3) is 0 Å². The first-order valence-electron chi connectivity index (χ1n) is 6.00. The topological polar surface area (TPSA) is 29.1 Å². The summed E-state index contributed by atoms with van der Waals surface area (Å²) in [5, 5.41) is 2.88. The standard InChI is InChI=1S/C14H25NO/c1-11(2)7-6-8-13(5)9-10-15-14(16)12(3)4/h7,9,12H,6,8,10H2,1-5H3,(H,15,16). The van der Waals surface area contributed by atoms with E-state index in [0.717, 1.165) is 12.8 Å². The minimum absolute atomic E-state index is 0.0689. The second kappa shape index (κ2) is 8.14. The van der Waals surface area contributed by atoms with E-state index in [2.05, 4.69) is 38.2 Å². The number of rotatable bonds is 6. The molecule has 0 spiro atoms. The second-order valence-electron chi connectivity index (χ2n) is 4.77. The molecule has 0 unspecified atom stereocenters. The van der Waals surface area contributed by atoms with Crippen LogP contribution in [0.1, 0.15) is 47.5 Å². The third-order valence-corrected chi connectivity index (χ3v) is 2.34. The van der Waals surface area contributed by atoms with Crippen molar-refractivity contribution in [3.8, 4) is 0 Å². The van der Waals surface area contributed by atoms with Crippen molar-refractivity contribution in [2.45, 2.75) is 47.5 Å². The predicted octanol–water partition coefficient (Wildman–Crippen LogP) is 3.45. The van der Waals surface area contributed by atoms with Gasteiger partial charge in [-0.05, 0) is 33.6 Å². The Hall–Kier alpha value is -1.05. The van der Waals surface area contributed by atoms with Crippen molar-refractivity contribution >= 4 is 5.91 Å². The molecule has 0 saturated heterocycles. The zero-order valence-corrected chi connectivity index (χ0v) is 11.3. The quantitative estimate of drug-likeness (QED) is 0.687. The molecule has 2 nitrogen and oxygen atoms in total. The first-order valence-corrected chi connectivity index (χ1v) is 6.00. The van der Waals surface area contributed by atoms with Gasteiger partial charge >= 0.3 is 0 Å². The van der Waals surface area contributed by atoms with Crippen molar-refractivity contribution < 1.29 is 4.79 Å². The van der Waals surface area contributed by atoms with E-state index in [0.29, 0.717) is 6.54 Å². The van der Waals surface area contributed by atoms with Crippen LogP contribution >= 0.6 is 0 Å². The highest BCUT2D eigenvalue weighted by atomic mass is 16.1. The normalized spacial score (nSPS) is 11.5. The first-order chi connectivity index (χ1) is 7.43. The van der Waals surface area contributed by atoms with Crippen molar-refractivity contribution in [1.82, 2.24) is 5.32 Å². The molecule has 0 heterocycles. The molecule has 2 heteroatoms. The van der Waals surface area contributed by atoms with Crippen LogP contribution in [0.5, 0.6) is 0 Å². The molecule has 0 saturated carbocycles. The number of hydrogen-bond donors (Lipinski definition) is 1. The number of allylic oxidation sites excluding steroid dienone is 3. The molecule has 0 bridgehead atoms. The molecule has 0 aromatic rings. The maximum atomic E-state index is 11.3. The largest absolute Gasteiger partial charge is 0.352 e. The van der Waals surface area contributed by atoms with Crippen LogP contribution in [0.2, 0.25) is 0 Å². The molecule has 0 rings (SSSR count). The summed E-state index contributed by atoms with van der Waals surface area (Å²) in [6.07, 6.45) is 6.49. The maximum absolute atomic E-state index is 11.3. The fraction of sp³-hybridized carbons (Fsp3) is 0.643. The van der Waals surface area contributed by atoms with E-state index in [1.54, 1.807) is 0 Å². The average Bonchev–Trinajstić information content (AvgIpc) is 2.16. The number of carbonyl (C=O) groups is 1. The SMILES string of the molecule is CC(C)=CCCC(C)=CCNC(=O)C(C)C. The lowest BCUT2D eigenvalue weighted by atomic mass is 10.1. The Bertz CT molecular complexity index is 270. The third kappa shape index (κ3) is 8.27. The van der Waals surface area contributed by atoms with Gasteiger partial charge in [0, 0.05) is 12.5 Å². The molecule has 0 aromatic heterocycles. The van der Waals surface area contributed by atoms with Crippen LogP contribution in [0.4, 0.5) is 0 Å². The molecule has 0 aliphatic carbocycles. The molecular formula is C14H25NO. The lowest BCUT2D eigenvalue weighted by Gasteiger charge is -2.05. The summed E-state index contributed by atoms with van der Waals surface area (Å²) >= 11 is 0. The molecule has 1 N–H and O–H groups in total. The van der Waals surface area contributed by atoms with Gasteiger partial charge in [-0.3, -0.25) is 4.79 Å². The van der Waals surface area contributed by atoms with Crippen LogP contribution in [0.3, 0.4) is 0 Å². The van der Waals surface area contributed by atoms with Gasteiger partial charge in [-0.1, -0.05) is 37.1 Å². The molecule has 0 aliphatic rings. The van der Waals surface area contributed by atoms with Crippen LogP contribution in [0, 0.1) is 5.92 Å². The summed E-state index contributed by atoms with van der Waals surface area (Å²) in [5.41, 5.74) is 2.70. The number of carbonyl (C=O) groups excluding carboxylic acids is 1. The average molecular weight is 223 g/mol. The van der Waals surface area contributed by atoms with Crippen LogP contribution < -0.4 is 5.32 Å². The molecule has 92 valence electrons. The Morgan fingerprint density at radius 1 is 1.19 bits per heavy atom. The van der Waals surface area contributed by atoms with E-state index in [9.17, 15) is 4.79 Å². The highest BCUT2D eigenvalue weighted by Gasteiger charge is 2.03. The van der Waals surface area contributed by atoms with Crippen molar-refractivity contribution in [3.63, 3.8) is 0 Å². The Morgan fingerprint density at radius 3 is 2.31 bits per heavy atom. The van der Waals surface area contributed by atoms with Gasteiger partial charge in [0.05, 0.1) is 0 Å². The van der Waals surface area contributed by atoms with Gasteiger partial charge in [0.2, 0.25) is 5.91 Å². The molecular weight excluding hydrogens is 198 g/mol. The Labute approximate surface area is 99.8 Å². The Kier molecular flexibility index (Phi) is 7.61. The Morgan fingerprint density at radius 2 is 1.81 bits per heavy atom. The lowest BCUT2D eigenvalue weighted by Crippen LogP contribution is -2.27. The predicted molar refractivity (Wildman–Crippen MR) is 70.3 cm³/mol. The fourth-order valence-electron chi connectivity index (χ4n) is 1.22. The van der Waals surface area contributed by atoms with E-state index in [-0.39, 0.29) is 11.8 Å². The molecule has 0 aromatic carbocycles. The Balaban J connectivity index is 3.79. The van der Waals surface area contributed by atoms with Gasteiger partial charge < -0.3 is 5.32 Å². The summed E-state index contributed by atoms with van der Waals surface area (Å²) in [7, 11) is 0. The fourth-order valence-corrected chi connectivity index (χ4v) is 1.22. The highest BCUT2D eigenvalue weighted by molar-refractivity contribution is 5.77. The van der Waals surface area contributed by atoms with E-state index in [1.165, 1.54) is 11.1 Å². The van der Waals surface area contributed by atoms with Crippen LogP contribution in [-0.4, -0.2) is 12.5 Å². The van der Waals surface area contributed by atoms with Gasteiger partial charge in [0.15, 0.2) is 0 Å². The lowest BCUT2D eigenvalue weighted by molar-refractivity contribution is -0.123. The number of amides is 1. The number of hydrogen-bond acceptors (Lipinski definition) is 1. The molecule has 0 radical (unpaired) electrons. The van der Waals surface area contributed by atoms with Crippen molar-refractivity contribution in [2.75, 3.05) is 6.54 Å². The molecule has 16 heavy (non-hydrogen) atoms. The van der Waals surface area contributed by atoms with E-state index < -0.39 is 0 Å². The summed E-state index contributed by atoms with van der Waals surface area (Å²) in [6.45, 7) is 10.8. The van der Waals surface area contributed by atoms with Crippen LogP contribution in [-0.2, 0) is 4.79 Å². The van der Waals surface area contributed by atoms with E-state index >= 15 is 0 Å². The molecule has 0 fully saturated rings. The third-order valence-electron chi connectivity index (χ3n) is 2.34. The van der Waals surface area contributed by atoms with Crippen molar-refractivity contribution in [1.29, 1.82) is 0 Å². The summed E-state index contributed by atoms with van der Waals surface area (Å²) in [5.74, 6) is 0.188. The maximum Gasteiger partial charge on any atom is 0.222 e. The number of nitrogens with one attached hydrogen (secondary N) is 1. The van der Waals surface area contributed by atoms with Gasteiger partial charge in [-0.2, -0.15) is 0 Å². The van der Waals surface area contributed by atoms with Crippen molar-refractivity contribution in [2.24, 2.45) is 5.92 Å².